The number of hydrogen-bond acceptors (Lipinski definition) is 4. The van der Waals surface area contributed by atoms with E-state index in [2.05, 4.69) is 15.1 Å². The zero-order valence-corrected chi connectivity index (χ0v) is 11.7. The average Bonchev–Trinajstić information content (AvgIpc) is 2.98. The summed E-state index contributed by atoms with van der Waals surface area (Å²) < 4.78 is 14.6. The van der Waals surface area contributed by atoms with Gasteiger partial charge in [0, 0.05) is 32.1 Å². The Bertz CT molecular complexity index is 749. The quantitative estimate of drug-likeness (QED) is 0.741. The minimum atomic E-state index is -0.266. The number of anilines is 1. The van der Waals surface area contributed by atoms with E-state index in [0.717, 1.165) is 16.9 Å². The molecule has 0 radical (unpaired) electrons. The Hall–Kier alpha value is -2.76. The topological polar surface area (TPSA) is 46.8 Å². The molecule has 0 aliphatic carbocycles. The molecule has 2 heterocycles. The number of hydrogen-bond donors (Lipinski definition) is 0. The first kappa shape index (κ1) is 13.2. The Morgan fingerprint density at radius 2 is 1.86 bits per heavy atom. The third-order valence-electron chi connectivity index (χ3n) is 3.01. The van der Waals surface area contributed by atoms with Gasteiger partial charge in [0.05, 0.1) is 17.6 Å². The molecule has 0 amide bonds. The fraction of sp³-hybridized carbons (Fsp3) is 0.133. The number of benzene rings is 1. The molecule has 21 heavy (non-hydrogen) atoms. The molecule has 1 aromatic carbocycles. The van der Waals surface area contributed by atoms with Crippen LogP contribution in [0.25, 0.3) is 16.9 Å². The Balaban J connectivity index is 1.94. The molecule has 0 saturated carbocycles. The minimum absolute atomic E-state index is 0.266. The predicted octanol–water partition coefficient (Wildman–Crippen LogP) is 2.53. The van der Waals surface area contributed by atoms with Gasteiger partial charge in [-0.15, -0.1) is 0 Å². The van der Waals surface area contributed by atoms with Crippen LogP contribution in [0, 0.1) is 5.82 Å². The summed E-state index contributed by atoms with van der Waals surface area (Å²) in [6, 6.07) is 8.00. The molecule has 0 unspecified atom stereocenters. The molecule has 0 fully saturated rings. The lowest BCUT2D eigenvalue weighted by Gasteiger charge is -2.09. The van der Waals surface area contributed by atoms with Crippen molar-refractivity contribution in [1.29, 1.82) is 0 Å². The van der Waals surface area contributed by atoms with E-state index in [1.807, 2.05) is 31.3 Å². The molecule has 0 saturated heterocycles. The SMILES string of the molecule is CN(C)c1nccc(-c2cnn(-c3ccc(F)cc3)c2)n1. The van der Waals surface area contributed by atoms with E-state index in [1.165, 1.54) is 12.1 Å². The Morgan fingerprint density at radius 3 is 2.57 bits per heavy atom. The van der Waals surface area contributed by atoms with Crippen molar-refractivity contribution in [2.45, 2.75) is 0 Å². The van der Waals surface area contributed by atoms with Crippen LogP contribution < -0.4 is 4.90 Å². The van der Waals surface area contributed by atoms with Crippen LogP contribution >= 0.6 is 0 Å². The van der Waals surface area contributed by atoms with Crippen LogP contribution in [0.4, 0.5) is 10.3 Å². The average molecular weight is 283 g/mol. The highest BCUT2D eigenvalue weighted by Gasteiger charge is 2.07. The Morgan fingerprint density at radius 1 is 1.10 bits per heavy atom. The molecule has 0 bridgehead atoms. The zero-order chi connectivity index (χ0) is 14.8. The number of rotatable bonds is 3. The molecule has 0 aliphatic rings. The van der Waals surface area contributed by atoms with Crippen molar-refractivity contribution in [3.05, 3.63) is 54.7 Å². The fourth-order valence-corrected chi connectivity index (χ4v) is 1.91. The van der Waals surface area contributed by atoms with Crippen LogP contribution in [-0.4, -0.2) is 33.8 Å². The van der Waals surface area contributed by atoms with Crippen molar-refractivity contribution < 1.29 is 4.39 Å². The molecule has 6 heteroatoms. The molecule has 0 N–H and O–H groups in total. The van der Waals surface area contributed by atoms with Gasteiger partial charge in [-0.1, -0.05) is 0 Å². The van der Waals surface area contributed by atoms with Gasteiger partial charge < -0.3 is 4.90 Å². The number of nitrogens with zero attached hydrogens (tertiary/aromatic N) is 5. The lowest BCUT2D eigenvalue weighted by molar-refractivity contribution is 0.627. The van der Waals surface area contributed by atoms with Crippen molar-refractivity contribution in [3.8, 4) is 16.9 Å². The summed E-state index contributed by atoms with van der Waals surface area (Å²) >= 11 is 0. The highest BCUT2D eigenvalue weighted by molar-refractivity contribution is 5.58. The Labute approximate surface area is 121 Å². The fourth-order valence-electron chi connectivity index (χ4n) is 1.91. The van der Waals surface area contributed by atoms with Gasteiger partial charge in [0.15, 0.2) is 0 Å². The summed E-state index contributed by atoms with van der Waals surface area (Å²) in [5.74, 6) is 0.375. The van der Waals surface area contributed by atoms with E-state index >= 15 is 0 Å². The van der Waals surface area contributed by atoms with Crippen molar-refractivity contribution in [3.63, 3.8) is 0 Å². The third-order valence-corrected chi connectivity index (χ3v) is 3.01. The van der Waals surface area contributed by atoms with Crippen LogP contribution in [0.5, 0.6) is 0 Å². The summed E-state index contributed by atoms with van der Waals surface area (Å²) in [6.07, 6.45) is 5.30. The van der Waals surface area contributed by atoms with Crippen LogP contribution in [0.2, 0.25) is 0 Å². The summed E-state index contributed by atoms with van der Waals surface area (Å²) in [7, 11) is 3.78. The van der Waals surface area contributed by atoms with E-state index in [9.17, 15) is 4.39 Å². The first-order chi connectivity index (χ1) is 10.1. The third kappa shape index (κ3) is 2.74. The second-order valence-electron chi connectivity index (χ2n) is 4.79. The lowest BCUT2D eigenvalue weighted by atomic mass is 10.2. The van der Waals surface area contributed by atoms with Gasteiger partial charge in [-0.2, -0.15) is 5.10 Å². The molecular formula is C15H14FN5. The minimum Gasteiger partial charge on any atom is -0.347 e. The molecule has 0 aliphatic heterocycles. The molecule has 3 rings (SSSR count). The summed E-state index contributed by atoms with van der Waals surface area (Å²) in [5.41, 5.74) is 2.47. The number of halogens is 1. The van der Waals surface area contributed by atoms with Gasteiger partial charge in [-0.05, 0) is 30.3 Å². The summed E-state index contributed by atoms with van der Waals surface area (Å²) in [5, 5.41) is 4.29. The maximum atomic E-state index is 12.9. The van der Waals surface area contributed by atoms with E-state index < -0.39 is 0 Å². The maximum absolute atomic E-state index is 12.9. The first-order valence-electron chi connectivity index (χ1n) is 6.45. The van der Waals surface area contributed by atoms with Crippen LogP contribution in [0.1, 0.15) is 0 Å². The van der Waals surface area contributed by atoms with Crippen molar-refractivity contribution >= 4 is 5.95 Å². The predicted molar refractivity (Wildman–Crippen MR) is 78.9 cm³/mol. The number of aromatic nitrogens is 4. The van der Waals surface area contributed by atoms with Crippen molar-refractivity contribution in [2.75, 3.05) is 19.0 Å². The van der Waals surface area contributed by atoms with Gasteiger partial charge in [0.2, 0.25) is 5.95 Å². The van der Waals surface area contributed by atoms with Gasteiger partial charge in [-0.3, -0.25) is 0 Å². The lowest BCUT2D eigenvalue weighted by Crippen LogP contribution is -2.12. The van der Waals surface area contributed by atoms with Crippen LogP contribution in [-0.2, 0) is 0 Å². The summed E-state index contributed by atoms with van der Waals surface area (Å²) in [6.45, 7) is 0. The first-order valence-corrected chi connectivity index (χ1v) is 6.45. The monoisotopic (exact) mass is 283 g/mol. The molecular weight excluding hydrogens is 269 g/mol. The normalized spacial score (nSPS) is 10.6. The smallest absolute Gasteiger partial charge is 0.225 e. The largest absolute Gasteiger partial charge is 0.347 e. The molecule has 2 aromatic heterocycles. The standard InChI is InChI=1S/C15H14FN5/c1-20(2)15-17-8-7-14(19-15)11-9-18-21(10-11)13-5-3-12(16)4-6-13/h3-10H,1-2H3. The Kier molecular flexibility index (Phi) is 3.35. The zero-order valence-electron chi connectivity index (χ0n) is 11.7. The van der Waals surface area contributed by atoms with E-state index in [1.54, 1.807) is 29.2 Å². The molecule has 106 valence electrons. The second-order valence-corrected chi connectivity index (χ2v) is 4.79. The highest BCUT2D eigenvalue weighted by Crippen LogP contribution is 2.19. The van der Waals surface area contributed by atoms with Crippen molar-refractivity contribution in [1.82, 2.24) is 19.7 Å². The molecule has 0 atom stereocenters. The molecule has 3 aromatic rings. The van der Waals surface area contributed by atoms with Gasteiger partial charge in [-0.25, -0.2) is 19.0 Å². The van der Waals surface area contributed by atoms with Crippen LogP contribution in [0.15, 0.2) is 48.9 Å². The summed E-state index contributed by atoms with van der Waals surface area (Å²) in [4.78, 5) is 10.5. The van der Waals surface area contributed by atoms with E-state index in [4.69, 9.17) is 0 Å². The van der Waals surface area contributed by atoms with E-state index in [-0.39, 0.29) is 5.82 Å². The van der Waals surface area contributed by atoms with Gasteiger partial charge in [0.25, 0.3) is 0 Å². The van der Waals surface area contributed by atoms with E-state index in [0.29, 0.717) is 5.95 Å². The maximum Gasteiger partial charge on any atom is 0.225 e. The molecule has 5 nitrogen and oxygen atoms in total. The van der Waals surface area contributed by atoms with Crippen molar-refractivity contribution in [2.24, 2.45) is 0 Å². The van der Waals surface area contributed by atoms with Crippen LogP contribution in [0.3, 0.4) is 0 Å². The molecule has 0 spiro atoms. The van der Waals surface area contributed by atoms with Gasteiger partial charge >= 0.3 is 0 Å². The van der Waals surface area contributed by atoms with Gasteiger partial charge in [0.1, 0.15) is 5.82 Å². The highest BCUT2D eigenvalue weighted by atomic mass is 19.1. The second kappa shape index (κ2) is 5.32.